The third kappa shape index (κ3) is 2.38. The summed E-state index contributed by atoms with van der Waals surface area (Å²) in [5.41, 5.74) is 2.38. The SMILES string of the molecule is CCCc1ccc(NC)c(OC)c1. The van der Waals surface area contributed by atoms with Gasteiger partial charge in [-0.15, -0.1) is 0 Å². The van der Waals surface area contributed by atoms with Crippen molar-refractivity contribution < 1.29 is 4.74 Å². The molecule has 0 atom stereocenters. The van der Waals surface area contributed by atoms with Gasteiger partial charge < -0.3 is 10.1 Å². The average molecular weight is 179 g/mol. The summed E-state index contributed by atoms with van der Waals surface area (Å²) in [4.78, 5) is 0. The molecule has 2 heteroatoms. The van der Waals surface area contributed by atoms with Gasteiger partial charge in [-0.25, -0.2) is 0 Å². The van der Waals surface area contributed by atoms with Gasteiger partial charge in [0.15, 0.2) is 0 Å². The summed E-state index contributed by atoms with van der Waals surface area (Å²) in [7, 11) is 3.60. The zero-order valence-corrected chi connectivity index (χ0v) is 8.55. The number of ether oxygens (including phenoxy) is 1. The standard InChI is InChI=1S/C11H17NO/c1-4-5-9-6-7-10(12-2)11(8-9)13-3/h6-8,12H,4-5H2,1-3H3. The minimum Gasteiger partial charge on any atom is -0.495 e. The molecule has 0 fully saturated rings. The van der Waals surface area contributed by atoms with Crippen LogP contribution in [0.4, 0.5) is 5.69 Å². The summed E-state index contributed by atoms with van der Waals surface area (Å²) in [5.74, 6) is 0.924. The molecule has 0 heterocycles. The molecule has 0 amide bonds. The lowest BCUT2D eigenvalue weighted by Crippen LogP contribution is -1.95. The van der Waals surface area contributed by atoms with E-state index in [0.29, 0.717) is 0 Å². The lowest BCUT2D eigenvalue weighted by molar-refractivity contribution is 0.416. The van der Waals surface area contributed by atoms with Crippen molar-refractivity contribution in [2.24, 2.45) is 0 Å². The molecule has 1 aromatic rings. The molecule has 1 N–H and O–H groups in total. The van der Waals surface area contributed by atoms with E-state index in [1.165, 1.54) is 12.0 Å². The molecule has 0 unspecified atom stereocenters. The molecule has 13 heavy (non-hydrogen) atoms. The van der Waals surface area contributed by atoms with Gasteiger partial charge in [0.1, 0.15) is 5.75 Å². The van der Waals surface area contributed by atoms with Crippen LogP contribution in [0.1, 0.15) is 18.9 Å². The highest BCUT2D eigenvalue weighted by Gasteiger charge is 2.01. The first-order chi connectivity index (χ1) is 6.31. The Hall–Kier alpha value is -1.18. The predicted molar refractivity (Wildman–Crippen MR) is 56.5 cm³/mol. The highest BCUT2D eigenvalue weighted by Crippen LogP contribution is 2.25. The normalized spacial score (nSPS) is 9.77. The highest BCUT2D eigenvalue weighted by atomic mass is 16.5. The number of hydrogen-bond acceptors (Lipinski definition) is 2. The number of hydrogen-bond donors (Lipinski definition) is 1. The van der Waals surface area contributed by atoms with E-state index >= 15 is 0 Å². The molecule has 0 bridgehead atoms. The van der Waals surface area contributed by atoms with E-state index in [1.54, 1.807) is 7.11 Å². The minimum atomic E-state index is 0.924. The fourth-order valence-electron chi connectivity index (χ4n) is 1.39. The van der Waals surface area contributed by atoms with Gasteiger partial charge in [-0.3, -0.25) is 0 Å². The maximum atomic E-state index is 5.26. The first-order valence-corrected chi connectivity index (χ1v) is 4.66. The molecule has 2 nitrogen and oxygen atoms in total. The second-order valence-electron chi connectivity index (χ2n) is 3.03. The van der Waals surface area contributed by atoms with Gasteiger partial charge in [0.2, 0.25) is 0 Å². The lowest BCUT2D eigenvalue weighted by Gasteiger charge is -2.09. The van der Waals surface area contributed by atoms with E-state index in [2.05, 4.69) is 30.4 Å². The molecule has 0 aromatic heterocycles. The third-order valence-corrected chi connectivity index (χ3v) is 2.07. The third-order valence-electron chi connectivity index (χ3n) is 2.07. The summed E-state index contributed by atoms with van der Waals surface area (Å²) in [5, 5.41) is 3.09. The van der Waals surface area contributed by atoms with Crippen molar-refractivity contribution in [3.05, 3.63) is 23.8 Å². The molecule has 0 saturated heterocycles. The average Bonchev–Trinajstić information content (AvgIpc) is 2.18. The van der Waals surface area contributed by atoms with Gasteiger partial charge in [0.05, 0.1) is 12.8 Å². The Kier molecular flexibility index (Phi) is 3.62. The van der Waals surface area contributed by atoms with Crippen LogP contribution in [0.5, 0.6) is 5.75 Å². The van der Waals surface area contributed by atoms with Crippen molar-refractivity contribution in [3.63, 3.8) is 0 Å². The van der Waals surface area contributed by atoms with Crippen molar-refractivity contribution in [1.82, 2.24) is 0 Å². The van der Waals surface area contributed by atoms with E-state index in [-0.39, 0.29) is 0 Å². The minimum absolute atomic E-state index is 0.924. The second kappa shape index (κ2) is 4.75. The summed E-state index contributed by atoms with van der Waals surface area (Å²) < 4.78 is 5.26. The zero-order chi connectivity index (χ0) is 9.68. The second-order valence-corrected chi connectivity index (χ2v) is 3.03. The van der Waals surface area contributed by atoms with Crippen LogP contribution in [0.15, 0.2) is 18.2 Å². The van der Waals surface area contributed by atoms with Crippen molar-refractivity contribution in [1.29, 1.82) is 0 Å². The molecule has 0 radical (unpaired) electrons. The summed E-state index contributed by atoms with van der Waals surface area (Å²) in [6.07, 6.45) is 2.28. The van der Waals surface area contributed by atoms with E-state index in [4.69, 9.17) is 4.74 Å². The maximum absolute atomic E-state index is 5.26. The Morgan fingerprint density at radius 3 is 2.69 bits per heavy atom. The van der Waals surface area contributed by atoms with Crippen LogP contribution in [-0.4, -0.2) is 14.2 Å². The fourth-order valence-corrected chi connectivity index (χ4v) is 1.39. The Morgan fingerprint density at radius 2 is 2.15 bits per heavy atom. The van der Waals surface area contributed by atoms with E-state index < -0.39 is 0 Å². The molecule has 0 aliphatic carbocycles. The molecular weight excluding hydrogens is 162 g/mol. The van der Waals surface area contributed by atoms with Gasteiger partial charge in [-0.2, -0.15) is 0 Å². The number of nitrogens with one attached hydrogen (secondary N) is 1. The summed E-state index contributed by atoms with van der Waals surface area (Å²) in [6, 6.07) is 6.29. The number of methoxy groups -OCH3 is 1. The van der Waals surface area contributed by atoms with E-state index in [1.807, 2.05) is 7.05 Å². The molecule has 1 aromatic carbocycles. The van der Waals surface area contributed by atoms with Gasteiger partial charge in [0, 0.05) is 7.05 Å². The summed E-state index contributed by atoms with van der Waals surface area (Å²) in [6.45, 7) is 2.18. The van der Waals surface area contributed by atoms with Crippen LogP contribution in [0.25, 0.3) is 0 Å². The predicted octanol–water partition coefficient (Wildman–Crippen LogP) is 2.69. The lowest BCUT2D eigenvalue weighted by atomic mass is 10.1. The number of anilines is 1. The monoisotopic (exact) mass is 179 g/mol. The van der Waals surface area contributed by atoms with Crippen molar-refractivity contribution >= 4 is 5.69 Å². The van der Waals surface area contributed by atoms with Crippen LogP contribution < -0.4 is 10.1 Å². The van der Waals surface area contributed by atoms with Crippen LogP contribution >= 0.6 is 0 Å². The molecule has 0 spiro atoms. The molecular formula is C11H17NO. The van der Waals surface area contributed by atoms with Gasteiger partial charge in [-0.1, -0.05) is 19.4 Å². The van der Waals surface area contributed by atoms with Gasteiger partial charge >= 0.3 is 0 Å². The molecule has 1 rings (SSSR count). The van der Waals surface area contributed by atoms with Gasteiger partial charge in [0.25, 0.3) is 0 Å². The Labute approximate surface area is 79.9 Å². The van der Waals surface area contributed by atoms with Crippen molar-refractivity contribution in [2.45, 2.75) is 19.8 Å². The zero-order valence-electron chi connectivity index (χ0n) is 8.55. The summed E-state index contributed by atoms with van der Waals surface area (Å²) >= 11 is 0. The highest BCUT2D eigenvalue weighted by molar-refractivity contribution is 5.57. The van der Waals surface area contributed by atoms with Crippen molar-refractivity contribution in [2.75, 3.05) is 19.5 Å². The maximum Gasteiger partial charge on any atom is 0.142 e. The smallest absolute Gasteiger partial charge is 0.142 e. The number of benzene rings is 1. The molecule has 0 aliphatic rings. The first-order valence-electron chi connectivity index (χ1n) is 4.66. The molecule has 0 aliphatic heterocycles. The topological polar surface area (TPSA) is 21.3 Å². The van der Waals surface area contributed by atoms with Crippen molar-refractivity contribution in [3.8, 4) is 5.75 Å². The van der Waals surface area contributed by atoms with Crippen LogP contribution in [-0.2, 0) is 6.42 Å². The van der Waals surface area contributed by atoms with E-state index in [9.17, 15) is 0 Å². The Balaban J connectivity index is 2.91. The van der Waals surface area contributed by atoms with Gasteiger partial charge in [-0.05, 0) is 24.1 Å². The molecule has 72 valence electrons. The van der Waals surface area contributed by atoms with Crippen LogP contribution in [0, 0.1) is 0 Å². The first kappa shape index (κ1) is 9.90. The fraction of sp³-hybridized carbons (Fsp3) is 0.455. The largest absolute Gasteiger partial charge is 0.495 e. The quantitative estimate of drug-likeness (QED) is 0.767. The number of aryl methyl sites for hydroxylation is 1. The Bertz CT molecular complexity index is 271. The Morgan fingerprint density at radius 1 is 1.38 bits per heavy atom. The van der Waals surface area contributed by atoms with Crippen LogP contribution in [0.3, 0.4) is 0 Å². The van der Waals surface area contributed by atoms with E-state index in [0.717, 1.165) is 17.9 Å². The molecule has 0 saturated carbocycles. The number of rotatable bonds is 4. The van der Waals surface area contributed by atoms with Crippen LogP contribution in [0.2, 0.25) is 0 Å².